The summed E-state index contributed by atoms with van der Waals surface area (Å²) in [4.78, 5) is 15.1. The van der Waals surface area contributed by atoms with E-state index in [0.717, 1.165) is 0 Å². The molecule has 0 unspecified atom stereocenters. The van der Waals surface area contributed by atoms with E-state index < -0.39 is 5.97 Å². The fourth-order valence-electron chi connectivity index (χ4n) is 1.50. The molecule has 1 N–H and O–H groups in total. The quantitative estimate of drug-likeness (QED) is 0.922. The van der Waals surface area contributed by atoms with Gasteiger partial charge in [0, 0.05) is 17.7 Å². The van der Waals surface area contributed by atoms with Crippen molar-refractivity contribution in [3.8, 4) is 11.5 Å². The molecule has 0 bridgehead atoms. The van der Waals surface area contributed by atoms with Crippen LogP contribution in [0.1, 0.15) is 16.2 Å². The molecule has 0 spiro atoms. The van der Waals surface area contributed by atoms with E-state index >= 15 is 0 Å². The summed E-state index contributed by atoms with van der Waals surface area (Å²) >= 11 is 5.85. The van der Waals surface area contributed by atoms with Gasteiger partial charge in [0.2, 0.25) is 11.7 Å². The molecule has 5 nitrogen and oxygen atoms in total. The third-order valence-electron chi connectivity index (χ3n) is 2.24. The summed E-state index contributed by atoms with van der Waals surface area (Å²) in [6.45, 7) is 0.0751. The largest absolute Gasteiger partial charge is 0.475 e. The number of hydrogen-bond acceptors (Lipinski definition) is 4. The second-order valence-electron chi connectivity index (χ2n) is 3.54. The number of aromatic carboxylic acids is 1. The van der Waals surface area contributed by atoms with E-state index in [2.05, 4.69) is 4.98 Å². The normalized spacial score (nSPS) is 10.6. The molecule has 0 saturated carbocycles. The van der Waals surface area contributed by atoms with E-state index in [1.165, 1.54) is 7.11 Å². The van der Waals surface area contributed by atoms with Gasteiger partial charge in [-0.15, -0.1) is 0 Å². The van der Waals surface area contributed by atoms with Crippen LogP contribution in [-0.2, 0) is 11.3 Å². The van der Waals surface area contributed by atoms with Gasteiger partial charge in [0.05, 0.1) is 6.61 Å². The molecule has 6 heteroatoms. The number of carboxylic acids is 1. The number of carboxylic acid groups (broad SMARTS) is 1. The smallest absolute Gasteiger partial charge is 0.373 e. The Labute approximate surface area is 108 Å². The van der Waals surface area contributed by atoms with Crippen molar-refractivity contribution in [2.45, 2.75) is 6.61 Å². The second-order valence-corrected chi connectivity index (χ2v) is 3.98. The van der Waals surface area contributed by atoms with Gasteiger partial charge in [0.1, 0.15) is 5.69 Å². The van der Waals surface area contributed by atoms with E-state index in [9.17, 15) is 4.79 Å². The van der Waals surface area contributed by atoms with Crippen LogP contribution in [-0.4, -0.2) is 23.2 Å². The van der Waals surface area contributed by atoms with Gasteiger partial charge in [0.25, 0.3) is 0 Å². The first-order valence-electron chi connectivity index (χ1n) is 5.09. The molecule has 1 aromatic carbocycles. The molecule has 0 fully saturated rings. The fraction of sp³-hybridized carbons (Fsp3) is 0.167. The van der Waals surface area contributed by atoms with Crippen LogP contribution in [0, 0.1) is 0 Å². The zero-order valence-electron chi connectivity index (χ0n) is 9.51. The molecule has 94 valence electrons. The van der Waals surface area contributed by atoms with Gasteiger partial charge >= 0.3 is 5.97 Å². The van der Waals surface area contributed by atoms with Crippen molar-refractivity contribution in [1.29, 1.82) is 0 Å². The Balaban J connectivity index is 2.46. The zero-order valence-corrected chi connectivity index (χ0v) is 10.3. The summed E-state index contributed by atoms with van der Waals surface area (Å²) in [6.07, 6.45) is 0. The average molecular weight is 268 g/mol. The van der Waals surface area contributed by atoms with Gasteiger partial charge in [-0.2, -0.15) is 0 Å². The predicted molar refractivity (Wildman–Crippen MR) is 64.6 cm³/mol. The summed E-state index contributed by atoms with van der Waals surface area (Å²) in [5.41, 5.74) is 0.868. The molecule has 0 amide bonds. The maximum Gasteiger partial charge on any atom is 0.373 e. The van der Waals surface area contributed by atoms with Crippen LogP contribution in [0.4, 0.5) is 0 Å². The van der Waals surface area contributed by atoms with Gasteiger partial charge < -0.3 is 14.3 Å². The monoisotopic (exact) mass is 267 g/mol. The van der Waals surface area contributed by atoms with Gasteiger partial charge in [-0.1, -0.05) is 17.7 Å². The van der Waals surface area contributed by atoms with E-state index in [1.807, 2.05) is 0 Å². The number of ether oxygens (including phenoxy) is 1. The van der Waals surface area contributed by atoms with Crippen molar-refractivity contribution in [2.75, 3.05) is 7.11 Å². The lowest BCUT2D eigenvalue weighted by atomic mass is 10.2. The standard InChI is InChI=1S/C12H10ClNO4/c1-17-6-9-10(12(15)16)18-11(14-9)7-3-2-4-8(13)5-7/h2-5H,6H2,1H3,(H,15,16). The van der Waals surface area contributed by atoms with Gasteiger partial charge in [-0.25, -0.2) is 9.78 Å². The van der Waals surface area contributed by atoms with Crippen molar-refractivity contribution >= 4 is 17.6 Å². The molecular weight excluding hydrogens is 258 g/mol. The van der Waals surface area contributed by atoms with Crippen LogP contribution in [0.3, 0.4) is 0 Å². The molecule has 18 heavy (non-hydrogen) atoms. The highest BCUT2D eigenvalue weighted by Crippen LogP contribution is 2.24. The fourth-order valence-corrected chi connectivity index (χ4v) is 1.69. The Morgan fingerprint density at radius 1 is 1.56 bits per heavy atom. The minimum atomic E-state index is -1.18. The SMILES string of the molecule is COCc1nc(-c2cccc(Cl)c2)oc1C(=O)O. The number of nitrogens with zero attached hydrogens (tertiary/aromatic N) is 1. The zero-order chi connectivity index (χ0) is 13.1. The van der Waals surface area contributed by atoms with Gasteiger partial charge in [-0.05, 0) is 18.2 Å². The van der Waals surface area contributed by atoms with Gasteiger partial charge in [0.15, 0.2) is 0 Å². The van der Waals surface area contributed by atoms with Gasteiger partial charge in [-0.3, -0.25) is 0 Å². The highest BCUT2D eigenvalue weighted by Gasteiger charge is 2.20. The van der Waals surface area contributed by atoms with E-state index in [4.69, 9.17) is 25.9 Å². The first kappa shape index (κ1) is 12.6. The number of methoxy groups -OCH3 is 1. The summed E-state index contributed by atoms with van der Waals surface area (Å²) in [6, 6.07) is 6.83. The Bertz CT molecular complexity index is 579. The summed E-state index contributed by atoms with van der Waals surface area (Å²) in [5.74, 6) is -1.18. The number of oxazole rings is 1. The lowest BCUT2D eigenvalue weighted by Crippen LogP contribution is -2.00. The summed E-state index contributed by atoms with van der Waals surface area (Å²) < 4.78 is 10.1. The average Bonchev–Trinajstić information content (AvgIpc) is 2.74. The highest BCUT2D eigenvalue weighted by atomic mass is 35.5. The predicted octanol–water partition coefficient (Wildman–Crippen LogP) is 2.84. The molecule has 1 heterocycles. The lowest BCUT2D eigenvalue weighted by Gasteiger charge is -1.95. The molecule has 0 atom stereocenters. The van der Waals surface area contributed by atoms with Crippen molar-refractivity contribution in [3.63, 3.8) is 0 Å². The maximum atomic E-state index is 11.0. The molecule has 1 aromatic heterocycles. The molecule has 0 aliphatic heterocycles. The Morgan fingerprint density at radius 2 is 2.33 bits per heavy atom. The summed E-state index contributed by atoms with van der Waals surface area (Å²) in [7, 11) is 1.46. The highest BCUT2D eigenvalue weighted by molar-refractivity contribution is 6.30. The van der Waals surface area contributed by atoms with Crippen LogP contribution >= 0.6 is 11.6 Å². The van der Waals surface area contributed by atoms with Crippen LogP contribution in [0.2, 0.25) is 5.02 Å². The molecule has 2 rings (SSSR count). The molecule has 0 radical (unpaired) electrons. The maximum absolute atomic E-state index is 11.0. The lowest BCUT2D eigenvalue weighted by molar-refractivity contribution is 0.0656. The number of carbonyl (C=O) groups is 1. The van der Waals surface area contributed by atoms with Crippen LogP contribution in [0.15, 0.2) is 28.7 Å². The molecule has 0 aliphatic carbocycles. The minimum Gasteiger partial charge on any atom is -0.475 e. The first-order chi connectivity index (χ1) is 8.61. The Hall–Kier alpha value is -1.85. The number of hydrogen-bond donors (Lipinski definition) is 1. The summed E-state index contributed by atoms with van der Waals surface area (Å²) in [5, 5.41) is 9.52. The minimum absolute atomic E-state index is 0.0751. The van der Waals surface area contributed by atoms with E-state index in [1.54, 1.807) is 24.3 Å². The van der Waals surface area contributed by atoms with Crippen LogP contribution < -0.4 is 0 Å². The van der Waals surface area contributed by atoms with Crippen LogP contribution in [0.25, 0.3) is 11.5 Å². The Kier molecular flexibility index (Phi) is 3.64. The topological polar surface area (TPSA) is 72.6 Å². The number of halogens is 1. The number of benzene rings is 1. The first-order valence-corrected chi connectivity index (χ1v) is 5.47. The number of aromatic nitrogens is 1. The molecule has 2 aromatic rings. The van der Waals surface area contributed by atoms with E-state index in [0.29, 0.717) is 10.6 Å². The molecule has 0 saturated heterocycles. The second kappa shape index (κ2) is 5.20. The van der Waals surface area contributed by atoms with Crippen molar-refractivity contribution < 1.29 is 19.1 Å². The van der Waals surface area contributed by atoms with Crippen LogP contribution in [0.5, 0.6) is 0 Å². The third kappa shape index (κ3) is 2.52. The Morgan fingerprint density at radius 3 is 2.94 bits per heavy atom. The van der Waals surface area contributed by atoms with Crippen molar-refractivity contribution in [1.82, 2.24) is 4.98 Å². The molecular formula is C12H10ClNO4. The van der Waals surface area contributed by atoms with Crippen molar-refractivity contribution in [2.24, 2.45) is 0 Å². The van der Waals surface area contributed by atoms with E-state index in [-0.39, 0.29) is 24.0 Å². The third-order valence-corrected chi connectivity index (χ3v) is 2.48. The van der Waals surface area contributed by atoms with Crippen molar-refractivity contribution in [3.05, 3.63) is 40.7 Å². The number of rotatable bonds is 4. The molecule has 0 aliphatic rings.